The summed E-state index contributed by atoms with van der Waals surface area (Å²) in [5.41, 5.74) is 3.99. The van der Waals surface area contributed by atoms with Gasteiger partial charge >= 0.3 is 5.97 Å². The number of aliphatic hydroxyl groups excluding tert-OH is 1. The van der Waals surface area contributed by atoms with Gasteiger partial charge in [0.2, 0.25) is 0 Å². The molecule has 1 aromatic carbocycles. The van der Waals surface area contributed by atoms with Gasteiger partial charge < -0.3 is 14.8 Å². The van der Waals surface area contributed by atoms with E-state index in [2.05, 4.69) is 4.98 Å². The number of hydrogen-bond donors (Lipinski definition) is 2. The van der Waals surface area contributed by atoms with Gasteiger partial charge in [-0.1, -0.05) is 31.2 Å². The predicted molar refractivity (Wildman–Crippen MR) is 91.3 cm³/mol. The van der Waals surface area contributed by atoms with Gasteiger partial charge in [-0.3, -0.25) is 4.79 Å². The molecule has 0 saturated heterocycles. The third kappa shape index (κ3) is 3.74. The molecule has 2 aromatic rings. The van der Waals surface area contributed by atoms with Crippen molar-refractivity contribution >= 4 is 11.8 Å². The molecule has 2 N–H and O–H groups in total. The van der Waals surface area contributed by atoms with E-state index in [1.54, 1.807) is 32.9 Å². The number of aromatic amines is 1. The Balaban J connectivity index is 2.05. The molecule has 1 heterocycles. The minimum atomic E-state index is -0.679. The zero-order valence-electron chi connectivity index (χ0n) is 14.5. The van der Waals surface area contributed by atoms with E-state index in [0.717, 1.165) is 17.7 Å². The van der Waals surface area contributed by atoms with Crippen LogP contribution in [0.5, 0.6) is 0 Å². The largest absolute Gasteiger partial charge is 0.453 e. The van der Waals surface area contributed by atoms with Crippen LogP contribution < -0.4 is 0 Å². The van der Waals surface area contributed by atoms with Gasteiger partial charge in [0, 0.05) is 16.8 Å². The summed E-state index contributed by atoms with van der Waals surface area (Å²) in [5.74, 6) is -0.844. The summed E-state index contributed by atoms with van der Waals surface area (Å²) in [4.78, 5) is 27.2. The molecule has 128 valence electrons. The number of aromatic nitrogens is 1. The average Bonchev–Trinajstić information content (AvgIpc) is 2.87. The lowest BCUT2D eigenvalue weighted by molar-refractivity contribution is 0.0468. The highest BCUT2D eigenvalue weighted by Gasteiger charge is 2.21. The van der Waals surface area contributed by atoms with Crippen molar-refractivity contribution in [3.63, 3.8) is 0 Å². The predicted octanol–water partition coefficient (Wildman–Crippen LogP) is 3.29. The van der Waals surface area contributed by atoms with Crippen LogP contribution in [0.4, 0.5) is 0 Å². The van der Waals surface area contributed by atoms with Gasteiger partial charge in [0.15, 0.2) is 12.4 Å². The second-order valence-corrected chi connectivity index (χ2v) is 5.89. The van der Waals surface area contributed by atoms with Crippen molar-refractivity contribution in [2.75, 3.05) is 6.61 Å². The number of ketones is 1. The molecule has 0 amide bonds. The van der Waals surface area contributed by atoms with Crippen molar-refractivity contribution in [2.24, 2.45) is 0 Å². The number of esters is 1. The smallest absolute Gasteiger partial charge is 0.355 e. The Hall–Kier alpha value is -2.40. The quantitative estimate of drug-likeness (QED) is 0.629. The molecular formula is C19H23NO4. The van der Waals surface area contributed by atoms with Crippen molar-refractivity contribution < 1.29 is 19.4 Å². The van der Waals surface area contributed by atoms with E-state index in [9.17, 15) is 14.7 Å². The summed E-state index contributed by atoms with van der Waals surface area (Å²) in [6.07, 6.45) is 0.224. The maximum absolute atomic E-state index is 12.2. The first-order valence-electron chi connectivity index (χ1n) is 8.01. The van der Waals surface area contributed by atoms with Crippen molar-refractivity contribution in [1.29, 1.82) is 0 Å². The number of ether oxygens (including phenoxy) is 1. The minimum Gasteiger partial charge on any atom is -0.453 e. The summed E-state index contributed by atoms with van der Waals surface area (Å²) < 4.78 is 5.13. The van der Waals surface area contributed by atoms with Crippen molar-refractivity contribution in [1.82, 2.24) is 4.98 Å². The molecule has 0 saturated carbocycles. The standard InChI is InChI=1S/C19H23NO4/c1-5-14-6-8-15(9-7-14)16(22)10-24-19(23)18-11(2)17(13(4)21)12(3)20-18/h6-9,13,20-21H,5,10H2,1-4H3/t13-/m0/s1. The molecule has 0 unspecified atom stereocenters. The van der Waals surface area contributed by atoms with E-state index in [0.29, 0.717) is 16.7 Å². The second-order valence-electron chi connectivity index (χ2n) is 5.89. The maximum Gasteiger partial charge on any atom is 0.355 e. The molecule has 5 nitrogen and oxygen atoms in total. The second kappa shape index (κ2) is 7.45. The number of carbonyl (C=O) groups excluding carboxylic acids is 2. The Labute approximate surface area is 141 Å². The summed E-state index contributed by atoms with van der Waals surface area (Å²) in [6, 6.07) is 7.26. The number of H-pyrrole nitrogens is 1. The molecule has 0 aliphatic carbocycles. The highest BCUT2D eigenvalue weighted by Crippen LogP contribution is 2.24. The fourth-order valence-electron chi connectivity index (χ4n) is 2.81. The van der Waals surface area contributed by atoms with Crippen LogP contribution >= 0.6 is 0 Å². The van der Waals surface area contributed by atoms with E-state index >= 15 is 0 Å². The third-order valence-electron chi connectivity index (χ3n) is 4.14. The van der Waals surface area contributed by atoms with Gasteiger partial charge in [0.1, 0.15) is 5.69 Å². The lowest BCUT2D eigenvalue weighted by Gasteiger charge is -2.06. The van der Waals surface area contributed by atoms with Crippen molar-refractivity contribution in [3.05, 3.63) is 57.9 Å². The molecule has 0 aliphatic rings. The van der Waals surface area contributed by atoms with Crippen LogP contribution in [0.15, 0.2) is 24.3 Å². The third-order valence-corrected chi connectivity index (χ3v) is 4.14. The summed E-state index contributed by atoms with van der Waals surface area (Å²) in [7, 11) is 0. The van der Waals surface area contributed by atoms with Crippen LogP contribution in [0.1, 0.15) is 63.2 Å². The average molecular weight is 329 g/mol. The fourth-order valence-corrected chi connectivity index (χ4v) is 2.81. The number of aliphatic hydroxyl groups is 1. The molecule has 0 aliphatic heterocycles. The Bertz CT molecular complexity index is 741. The zero-order chi connectivity index (χ0) is 17.9. The van der Waals surface area contributed by atoms with Gasteiger partial charge in [0.25, 0.3) is 0 Å². The van der Waals surface area contributed by atoms with Gasteiger partial charge in [-0.15, -0.1) is 0 Å². The normalized spacial score (nSPS) is 12.0. The summed E-state index contributed by atoms with van der Waals surface area (Å²) in [6.45, 7) is 6.90. The monoisotopic (exact) mass is 329 g/mol. The summed E-state index contributed by atoms with van der Waals surface area (Å²) >= 11 is 0. The Kier molecular flexibility index (Phi) is 5.57. The molecule has 2 rings (SSSR count). The first kappa shape index (κ1) is 17.9. The van der Waals surface area contributed by atoms with Gasteiger partial charge in [-0.05, 0) is 38.3 Å². The van der Waals surface area contributed by atoms with E-state index in [4.69, 9.17) is 4.74 Å². The number of rotatable bonds is 6. The number of Topliss-reactive ketones (excluding diaryl/α,β-unsaturated/α-hetero) is 1. The number of benzene rings is 1. The van der Waals surface area contributed by atoms with E-state index in [-0.39, 0.29) is 18.1 Å². The lowest BCUT2D eigenvalue weighted by Crippen LogP contribution is -2.15. The van der Waals surface area contributed by atoms with E-state index in [1.807, 2.05) is 19.1 Å². The first-order chi connectivity index (χ1) is 11.3. The van der Waals surface area contributed by atoms with Gasteiger partial charge in [-0.25, -0.2) is 4.79 Å². The molecule has 0 spiro atoms. The molecular weight excluding hydrogens is 306 g/mol. The topological polar surface area (TPSA) is 79.4 Å². The zero-order valence-corrected chi connectivity index (χ0v) is 14.5. The molecule has 0 radical (unpaired) electrons. The maximum atomic E-state index is 12.2. The number of carbonyl (C=O) groups is 2. The molecule has 0 fully saturated rings. The number of nitrogens with one attached hydrogen (secondary N) is 1. The number of hydrogen-bond acceptors (Lipinski definition) is 4. The highest BCUT2D eigenvalue weighted by molar-refractivity contribution is 5.99. The summed E-state index contributed by atoms with van der Waals surface area (Å²) in [5, 5.41) is 9.76. The van der Waals surface area contributed by atoms with Crippen LogP contribution in [-0.4, -0.2) is 28.4 Å². The molecule has 1 aromatic heterocycles. The molecule has 24 heavy (non-hydrogen) atoms. The van der Waals surface area contributed by atoms with Crippen LogP contribution in [-0.2, 0) is 11.2 Å². The van der Waals surface area contributed by atoms with E-state index in [1.165, 1.54) is 0 Å². The van der Waals surface area contributed by atoms with Crippen molar-refractivity contribution in [3.8, 4) is 0 Å². The molecule has 1 atom stereocenters. The first-order valence-corrected chi connectivity index (χ1v) is 8.01. The molecule has 5 heteroatoms. The van der Waals surface area contributed by atoms with Crippen LogP contribution in [0.25, 0.3) is 0 Å². The molecule has 0 bridgehead atoms. The van der Waals surface area contributed by atoms with Gasteiger partial charge in [0.05, 0.1) is 6.10 Å². The van der Waals surface area contributed by atoms with Crippen molar-refractivity contribution in [2.45, 2.75) is 40.2 Å². The van der Waals surface area contributed by atoms with Crippen LogP contribution in [0.3, 0.4) is 0 Å². The Morgan fingerprint density at radius 2 is 1.83 bits per heavy atom. The lowest BCUT2D eigenvalue weighted by atomic mass is 10.1. The van der Waals surface area contributed by atoms with Crippen LogP contribution in [0, 0.1) is 13.8 Å². The van der Waals surface area contributed by atoms with Gasteiger partial charge in [-0.2, -0.15) is 0 Å². The minimum absolute atomic E-state index is 0.248. The number of aryl methyl sites for hydroxylation is 2. The Morgan fingerprint density at radius 3 is 2.33 bits per heavy atom. The Morgan fingerprint density at radius 1 is 1.21 bits per heavy atom. The van der Waals surface area contributed by atoms with Crippen LogP contribution in [0.2, 0.25) is 0 Å². The van der Waals surface area contributed by atoms with E-state index < -0.39 is 12.1 Å². The highest BCUT2D eigenvalue weighted by atomic mass is 16.5. The SMILES string of the molecule is CCc1ccc(C(=O)COC(=O)c2[nH]c(C)c([C@H](C)O)c2C)cc1. The fraction of sp³-hybridized carbons (Fsp3) is 0.368.